The number of nitrogens with zero attached hydrogens (tertiary/aromatic N) is 4. The summed E-state index contributed by atoms with van der Waals surface area (Å²) in [5.41, 5.74) is 0.700. The number of aliphatic hydroxyl groups is 7. The van der Waals surface area contributed by atoms with Gasteiger partial charge in [-0.05, 0) is 39.8 Å². The number of fused-ring (bicyclic) bond motifs is 1. The molecule has 21 heteroatoms. The highest BCUT2D eigenvalue weighted by Crippen LogP contribution is 2.36. The first-order chi connectivity index (χ1) is 25.8. The summed E-state index contributed by atoms with van der Waals surface area (Å²) in [5, 5.41) is 78.3. The highest BCUT2D eigenvalue weighted by molar-refractivity contribution is 7.50. The first-order valence-corrected chi connectivity index (χ1v) is 18.8. The average Bonchev–Trinajstić information content (AvgIpc) is 3.56. The molecule has 0 radical (unpaired) electrons. The number of hydrogen-bond donors (Lipinski definition) is 9. The first kappa shape index (κ1) is 41.9. The number of benzene rings is 1. The van der Waals surface area contributed by atoms with Gasteiger partial charge in [-0.25, -0.2) is 20.0 Å². The van der Waals surface area contributed by atoms with Crippen molar-refractivity contribution in [2.75, 3.05) is 24.9 Å². The van der Waals surface area contributed by atoms with E-state index in [0.717, 1.165) is 0 Å². The van der Waals surface area contributed by atoms with Crippen molar-refractivity contribution in [1.29, 1.82) is 0 Å². The van der Waals surface area contributed by atoms with Crippen molar-refractivity contribution in [3.8, 4) is 5.75 Å². The molecule has 2 fully saturated rings. The summed E-state index contributed by atoms with van der Waals surface area (Å²) in [5.74, 6) is 0.334. The monoisotopic (exact) mass is 784 g/mol. The Labute approximate surface area is 311 Å². The normalized spacial score (nSPS) is 30.5. The van der Waals surface area contributed by atoms with E-state index in [-0.39, 0.29) is 24.4 Å². The van der Waals surface area contributed by atoms with E-state index in [0.29, 0.717) is 23.5 Å². The van der Waals surface area contributed by atoms with Gasteiger partial charge in [0.25, 0.3) is 0 Å². The summed E-state index contributed by atoms with van der Waals surface area (Å²) in [7, 11) is -1.48. The minimum atomic E-state index is -1.79. The molecule has 0 aliphatic carbocycles. The number of aliphatic hydroxyl groups excluding tert-OH is 7. The fourth-order valence-corrected chi connectivity index (χ4v) is 7.27. The summed E-state index contributed by atoms with van der Waals surface area (Å²) in [6.07, 6.45) is -13.3. The van der Waals surface area contributed by atoms with E-state index in [9.17, 15) is 40.5 Å². The molecule has 0 amide bonds. The maximum absolute atomic E-state index is 12.5. The van der Waals surface area contributed by atoms with Crippen molar-refractivity contribution >= 4 is 31.3 Å². The van der Waals surface area contributed by atoms with E-state index < -0.39 is 94.9 Å². The number of aromatic nitrogens is 4. The Bertz CT molecular complexity index is 1620. The van der Waals surface area contributed by atoms with Gasteiger partial charge >= 0.3 is 5.97 Å². The number of rotatable bonds is 17. The lowest BCUT2D eigenvalue weighted by Crippen LogP contribution is -2.65. The fraction of sp³-hybridized carbons (Fsp3) is 0.636. The summed E-state index contributed by atoms with van der Waals surface area (Å²) < 4.78 is 36.2. The Morgan fingerprint density at radius 2 is 1.63 bits per heavy atom. The second-order valence-electron chi connectivity index (χ2n) is 13.2. The van der Waals surface area contributed by atoms with Gasteiger partial charge in [0.05, 0.1) is 38.3 Å². The molecule has 2 saturated heterocycles. The number of esters is 1. The van der Waals surface area contributed by atoms with Crippen LogP contribution < -0.4 is 14.9 Å². The summed E-state index contributed by atoms with van der Waals surface area (Å²) in [6, 6.07) is 8.50. The lowest BCUT2D eigenvalue weighted by molar-refractivity contribution is -0.340. The van der Waals surface area contributed by atoms with E-state index in [2.05, 4.69) is 25.4 Å². The largest absolute Gasteiger partial charge is 0.462 e. The van der Waals surface area contributed by atoms with Gasteiger partial charge in [0.2, 0.25) is 0 Å². The Balaban J connectivity index is 1.22. The van der Waals surface area contributed by atoms with Crippen LogP contribution in [0.15, 0.2) is 43.0 Å². The van der Waals surface area contributed by atoms with Crippen LogP contribution in [-0.2, 0) is 35.0 Å². The molecule has 3 aromatic rings. The van der Waals surface area contributed by atoms with Gasteiger partial charge in [0.1, 0.15) is 78.8 Å². The highest BCUT2D eigenvalue weighted by atomic mass is 31.2. The van der Waals surface area contributed by atoms with Crippen LogP contribution in [-0.4, -0.2) is 160 Å². The maximum Gasteiger partial charge on any atom is 0.323 e. The third-order valence-corrected chi connectivity index (χ3v) is 10.1. The number of hydrogen-bond acceptors (Lipinski definition) is 19. The predicted molar refractivity (Wildman–Crippen MR) is 189 cm³/mol. The number of imidazole rings is 1. The molecule has 0 spiro atoms. The van der Waals surface area contributed by atoms with Gasteiger partial charge in [-0.2, -0.15) is 0 Å². The zero-order chi connectivity index (χ0) is 39.1. The SMILES string of the molecule is CC(C)OC(=O)[C@H](C)NP(CO[C@H](C)Cn1cnc2c(N[C@H]3O[C@H](CO)[C@@H](O[C@@H]4O[C@H](CO)[C@H](O)[C@H](O)[C@H]4O)[C@H](O)[C@H]3O)ncnc21)Oc1ccccc1. The minimum absolute atomic E-state index is 0.130. The lowest BCUT2D eigenvalue weighted by atomic mass is 9.96. The molecule has 9 N–H and O–H groups in total. The van der Waals surface area contributed by atoms with Crippen LogP contribution in [0, 0.1) is 0 Å². The van der Waals surface area contributed by atoms with Crippen molar-refractivity contribution < 1.29 is 68.7 Å². The molecule has 1 aromatic carbocycles. The Kier molecular flexibility index (Phi) is 14.8. The molecule has 4 heterocycles. The van der Waals surface area contributed by atoms with Gasteiger partial charge in [0, 0.05) is 0 Å². The Morgan fingerprint density at radius 1 is 0.907 bits per heavy atom. The van der Waals surface area contributed by atoms with E-state index in [1.807, 2.05) is 25.1 Å². The fourth-order valence-electron chi connectivity index (χ4n) is 5.79. The quantitative estimate of drug-likeness (QED) is 0.0559. The molecule has 0 saturated carbocycles. The van der Waals surface area contributed by atoms with Crippen molar-refractivity contribution in [2.45, 2.75) is 114 Å². The number of ether oxygens (including phenoxy) is 5. The summed E-state index contributed by atoms with van der Waals surface area (Å²) in [6.45, 7) is 5.99. The molecule has 5 rings (SSSR count). The maximum atomic E-state index is 12.5. The first-order valence-electron chi connectivity index (χ1n) is 17.4. The molecule has 2 aromatic heterocycles. The van der Waals surface area contributed by atoms with Crippen LogP contribution in [0.3, 0.4) is 0 Å². The van der Waals surface area contributed by atoms with Crippen LogP contribution in [0.2, 0.25) is 0 Å². The smallest absolute Gasteiger partial charge is 0.323 e. The molecular formula is C33H49N6O14P. The summed E-state index contributed by atoms with van der Waals surface area (Å²) >= 11 is 0. The van der Waals surface area contributed by atoms with E-state index in [1.165, 1.54) is 12.7 Å². The Morgan fingerprint density at radius 3 is 2.31 bits per heavy atom. The highest BCUT2D eigenvalue weighted by Gasteiger charge is 2.50. The molecule has 20 nitrogen and oxygen atoms in total. The molecule has 54 heavy (non-hydrogen) atoms. The van der Waals surface area contributed by atoms with Crippen molar-refractivity contribution in [1.82, 2.24) is 24.6 Å². The molecule has 13 atom stereocenters. The topological polar surface area (TPSA) is 282 Å². The minimum Gasteiger partial charge on any atom is -0.462 e. The molecule has 1 unspecified atom stereocenters. The van der Waals surface area contributed by atoms with Crippen molar-refractivity contribution in [2.24, 2.45) is 0 Å². The van der Waals surface area contributed by atoms with Crippen molar-refractivity contribution in [3.63, 3.8) is 0 Å². The van der Waals surface area contributed by atoms with Gasteiger partial charge in [-0.1, -0.05) is 18.2 Å². The van der Waals surface area contributed by atoms with Crippen LogP contribution >= 0.6 is 8.30 Å². The van der Waals surface area contributed by atoms with Gasteiger partial charge in [-0.15, -0.1) is 0 Å². The summed E-state index contributed by atoms with van der Waals surface area (Å²) in [4.78, 5) is 25.5. The number of anilines is 1. The molecule has 300 valence electrons. The Hall–Kier alpha value is -3.21. The number of carbonyl (C=O) groups excluding carboxylic acids is 1. The molecule has 2 aliphatic heterocycles. The van der Waals surface area contributed by atoms with E-state index in [4.69, 9.17) is 28.2 Å². The zero-order valence-corrected chi connectivity index (χ0v) is 31.0. The van der Waals surface area contributed by atoms with Crippen molar-refractivity contribution in [3.05, 3.63) is 43.0 Å². The van der Waals surface area contributed by atoms with Gasteiger partial charge < -0.3 is 73.8 Å². The number of nitrogens with one attached hydrogen (secondary N) is 2. The van der Waals surface area contributed by atoms with Gasteiger partial charge in [0.15, 0.2) is 32.3 Å². The zero-order valence-electron chi connectivity index (χ0n) is 30.1. The van der Waals surface area contributed by atoms with E-state index >= 15 is 0 Å². The van der Waals surface area contributed by atoms with Crippen LogP contribution in [0.4, 0.5) is 5.82 Å². The third kappa shape index (κ3) is 10.1. The number of para-hydroxylation sites is 1. The number of carbonyl (C=O) groups is 1. The average molecular weight is 785 g/mol. The molecular weight excluding hydrogens is 735 g/mol. The standard InChI is InChI=1S/C33H49N6O14P/c1-16(2)49-32(47)18(4)38-54(53-19-8-6-5-7-9-19)15-48-17(3)10-39-14-36-22-29(34-13-35-30(22)39)37-31-26(45)25(44)28(21(12-41)50-31)52-33-27(46)24(43)23(42)20(11-40)51-33/h5-9,13-14,16-18,20-21,23-28,31,33,38,40-46H,10-12,15H2,1-4H3,(H,34,35,37)/t17-,18+,20-,21-,23+,24+,25-,26-,27-,28-,31+,33+,54?/m1/s1. The predicted octanol–water partition coefficient (Wildman–Crippen LogP) is -1.45. The van der Waals surface area contributed by atoms with E-state index in [1.54, 1.807) is 37.5 Å². The third-order valence-electron chi connectivity index (χ3n) is 8.62. The second-order valence-corrected chi connectivity index (χ2v) is 14.7. The molecule has 0 bridgehead atoms. The van der Waals surface area contributed by atoms with Crippen LogP contribution in [0.25, 0.3) is 11.2 Å². The van der Waals surface area contributed by atoms with Crippen LogP contribution in [0.1, 0.15) is 27.7 Å². The lowest BCUT2D eigenvalue weighted by Gasteiger charge is -2.46. The second kappa shape index (κ2) is 19.1. The van der Waals surface area contributed by atoms with Gasteiger partial charge in [-0.3, -0.25) is 4.79 Å². The molecule has 2 aliphatic rings. The van der Waals surface area contributed by atoms with Crippen LogP contribution in [0.5, 0.6) is 5.75 Å².